The maximum Gasteiger partial charge on any atom is 0.238 e. The number of ether oxygens (including phenoxy) is 1. The summed E-state index contributed by atoms with van der Waals surface area (Å²) in [7, 11) is 0. The van der Waals surface area contributed by atoms with Crippen LogP contribution < -0.4 is 5.32 Å². The molecule has 0 atom stereocenters. The molecule has 2 heterocycles. The van der Waals surface area contributed by atoms with E-state index >= 15 is 0 Å². The third-order valence-electron chi connectivity index (χ3n) is 5.17. The van der Waals surface area contributed by atoms with Gasteiger partial charge in [-0.05, 0) is 43.2 Å². The normalized spacial score (nSPS) is 14.7. The van der Waals surface area contributed by atoms with Gasteiger partial charge >= 0.3 is 0 Å². The van der Waals surface area contributed by atoms with Crippen molar-refractivity contribution in [1.29, 1.82) is 0 Å². The Bertz CT molecular complexity index is 1010. The van der Waals surface area contributed by atoms with E-state index in [1.807, 2.05) is 24.3 Å². The van der Waals surface area contributed by atoms with Crippen molar-refractivity contribution in [3.05, 3.63) is 59.0 Å². The van der Waals surface area contributed by atoms with Crippen molar-refractivity contribution in [1.82, 2.24) is 9.88 Å². The number of thiazole rings is 1. The first-order valence-electron chi connectivity index (χ1n) is 9.82. The maximum absolute atomic E-state index is 12.4. The van der Waals surface area contributed by atoms with Crippen molar-refractivity contribution in [3.8, 4) is 21.8 Å². The summed E-state index contributed by atoms with van der Waals surface area (Å²) in [6.45, 7) is 7.61. The van der Waals surface area contributed by atoms with E-state index in [2.05, 4.69) is 47.6 Å². The SMILES string of the molecule is Cc1ccc(-c2csc(-c3cccc(NC(=O)CN4CCOCC4)c3)n2)cc1C. The topological polar surface area (TPSA) is 54.5 Å². The van der Waals surface area contributed by atoms with E-state index in [-0.39, 0.29) is 5.91 Å². The van der Waals surface area contributed by atoms with Gasteiger partial charge in [0.1, 0.15) is 5.01 Å². The molecule has 1 fully saturated rings. The molecule has 2 aromatic carbocycles. The number of carbonyl (C=O) groups is 1. The van der Waals surface area contributed by atoms with Gasteiger partial charge in [0.15, 0.2) is 0 Å². The van der Waals surface area contributed by atoms with Gasteiger partial charge in [-0.1, -0.05) is 24.3 Å². The molecular formula is C23H25N3O2S. The van der Waals surface area contributed by atoms with Gasteiger partial charge < -0.3 is 10.1 Å². The van der Waals surface area contributed by atoms with Gasteiger partial charge in [0.25, 0.3) is 0 Å². The van der Waals surface area contributed by atoms with Gasteiger partial charge in [-0.2, -0.15) is 0 Å². The van der Waals surface area contributed by atoms with Crippen molar-refractivity contribution >= 4 is 22.9 Å². The highest BCUT2D eigenvalue weighted by atomic mass is 32.1. The Morgan fingerprint density at radius 1 is 1.10 bits per heavy atom. The monoisotopic (exact) mass is 407 g/mol. The molecule has 3 aromatic rings. The molecule has 1 saturated heterocycles. The summed E-state index contributed by atoms with van der Waals surface area (Å²) in [6, 6.07) is 14.3. The van der Waals surface area contributed by atoms with Crippen LogP contribution in [0.3, 0.4) is 0 Å². The molecule has 150 valence electrons. The molecule has 0 unspecified atom stereocenters. The predicted octanol–water partition coefficient (Wildman–Crippen LogP) is 4.36. The molecule has 1 aliphatic heterocycles. The van der Waals surface area contributed by atoms with E-state index in [1.165, 1.54) is 11.1 Å². The summed E-state index contributed by atoms with van der Waals surface area (Å²) in [5.41, 5.74) is 6.46. The molecule has 0 bridgehead atoms. The fourth-order valence-electron chi connectivity index (χ4n) is 3.33. The van der Waals surface area contributed by atoms with Crippen LogP contribution in [-0.4, -0.2) is 48.6 Å². The summed E-state index contributed by atoms with van der Waals surface area (Å²) in [4.78, 5) is 19.3. The highest BCUT2D eigenvalue weighted by Crippen LogP contribution is 2.31. The highest BCUT2D eigenvalue weighted by Gasteiger charge is 2.14. The zero-order valence-corrected chi connectivity index (χ0v) is 17.6. The number of aryl methyl sites for hydroxylation is 2. The Kier molecular flexibility index (Phi) is 6.04. The Labute approximate surface area is 175 Å². The summed E-state index contributed by atoms with van der Waals surface area (Å²) >= 11 is 1.62. The van der Waals surface area contributed by atoms with Crippen LogP contribution in [0.1, 0.15) is 11.1 Å². The first kappa shape index (κ1) is 19.8. The van der Waals surface area contributed by atoms with Gasteiger partial charge in [0.2, 0.25) is 5.91 Å². The molecule has 0 spiro atoms. The summed E-state index contributed by atoms with van der Waals surface area (Å²) in [5.74, 6) is -0.000918. The third kappa shape index (κ3) is 4.90. The number of carbonyl (C=O) groups excluding carboxylic acids is 1. The Hall–Kier alpha value is -2.54. The number of hydrogen-bond donors (Lipinski definition) is 1. The van der Waals surface area contributed by atoms with E-state index in [4.69, 9.17) is 9.72 Å². The number of nitrogens with one attached hydrogen (secondary N) is 1. The summed E-state index contributed by atoms with van der Waals surface area (Å²) < 4.78 is 5.33. The summed E-state index contributed by atoms with van der Waals surface area (Å²) in [5, 5.41) is 6.04. The lowest BCUT2D eigenvalue weighted by atomic mass is 10.1. The largest absolute Gasteiger partial charge is 0.379 e. The molecular weight excluding hydrogens is 382 g/mol. The van der Waals surface area contributed by atoms with Crippen LogP contribution >= 0.6 is 11.3 Å². The molecule has 4 rings (SSSR count). The molecule has 1 amide bonds. The van der Waals surface area contributed by atoms with Crippen LogP contribution in [0.15, 0.2) is 47.8 Å². The van der Waals surface area contributed by atoms with Crippen molar-refractivity contribution < 1.29 is 9.53 Å². The highest BCUT2D eigenvalue weighted by molar-refractivity contribution is 7.13. The first-order valence-corrected chi connectivity index (χ1v) is 10.7. The van der Waals surface area contributed by atoms with Crippen molar-refractivity contribution in [2.24, 2.45) is 0 Å². The average Bonchev–Trinajstić information content (AvgIpc) is 3.21. The minimum absolute atomic E-state index is 0.000918. The number of anilines is 1. The zero-order chi connectivity index (χ0) is 20.2. The number of benzene rings is 2. The van der Waals surface area contributed by atoms with Crippen LogP contribution in [0.2, 0.25) is 0 Å². The molecule has 1 N–H and O–H groups in total. The number of amides is 1. The minimum Gasteiger partial charge on any atom is -0.379 e. The van der Waals surface area contributed by atoms with Gasteiger partial charge in [-0.3, -0.25) is 9.69 Å². The van der Waals surface area contributed by atoms with Crippen LogP contribution in [0, 0.1) is 13.8 Å². The molecule has 1 aliphatic rings. The average molecular weight is 408 g/mol. The van der Waals surface area contributed by atoms with Gasteiger partial charge in [-0.25, -0.2) is 4.98 Å². The van der Waals surface area contributed by atoms with Gasteiger partial charge in [-0.15, -0.1) is 11.3 Å². The van der Waals surface area contributed by atoms with E-state index in [0.717, 1.165) is 40.6 Å². The van der Waals surface area contributed by atoms with Crippen LogP contribution in [0.25, 0.3) is 21.8 Å². The number of nitrogens with zero attached hydrogens (tertiary/aromatic N) is 2. The second kappa shape index (κ2) is 8.86. The first-order chi connectivity index (χ1) is 14.1. The summed E-state index contributed by atoms with van der Waals surface area (Å²) in [6.07, 6.45) is 0. The quantitative estimate of drug-likeness (QED) is 0.683. The molecule has 0 saturated carbocycles. The maximum atomic E-state index is 12.4. The van der Waals surface area contributed by atoms with Crippen LogP contribution in [0.5, 0.6) is 0 Å². The fourth-order valence-corrected chi connectivity index (χ4v) is 4.16. The van der Waals surface area contributed by atoms with Crippen molar-refractivity contribution in [2.75, 3.05) is 38.2 Å². The molecule has 0 aliphatic carbocycles. The smallest absolute Gasteiger partial charge is 0.238 e. The Morgan fingerprint density at radius 2 is 1.93 bits per heavy atom. The second-order valence-electron chi connectivity index (χ2n) is 7.35. The molecule has 5 nitrogen and oxygen atoms in total. The predicted molar refractivity (Wildman–Crippen MR) is 118 cm³/mol. The molecule has 6 heteroatoms. The zero-order valence-electron chi connectivity index (χ0n) is 16.8. The fraction of sp³-hybridized carbons (Fsp3) is 0.304. The van der Waals surface area contributed by atoms with Crippen molar-refractivity contribution in [2.45, 2.75) is 13.8 Å². The van der Waals surface area contributed by atoms with Gasteiger partial charge in [0, 0.05) is 35.3 Å². The Morgan fingerprint density at radius 3 is 2.72 bits per heavy atom. The van der Waals surface area contributed by atoms with Crippen LogP contribution in [-0.2, 0) is 9.53 Å². The number of morpholine rings is 1. The standard InChI is InChI=1S/C23H25N3O2S/c1-16-6-7-18(12-17(16)2)21-15-29-23(25-21)19-4-3-5-20(13-19)24-22(27)14-26-8-10-28-11-9-26/h3-7,12-13,15H,8-11,14H2,1-2H3,(H,24,27). The van der Waals surface area contributed by atoms with Crippen molar-refractivity contribution in [3.63, 3.8) is 0 Å². The number of aromatic nitrogens is 1. The molecule has 29 heavy (non-hydrogen) atoms. The second-order valence-corrected chi connectivity index (χ2v) is 8.21. The number of rotatable bonds is 5. The molecule has 1 aromatic heterocycles. The van der Waals surface area contributed by atoms with Gasteiger partial charge in [0.05, 0.1) is 25.5 Å². The number of hydrogen-bond acceptors (Lipinski definition) is 5. The van der Waals surface area contributed by atoms with E-state index < -0.39 is 0 Å². The lowest BCUT2D eigenvalue weighted by Gasteiger charge is -2.25. The lowest BCUT2D eigenvalue weighted by Crippen LogP contribution is -2.41. The third-order valence-corrected chi connectivity index (χ3v) is 6.06. The molecule has 0 radical (unpaired) electrons. The lowest BCUT2D eigenvalue weighted by molar-refractivity contribution is -0.118. The van der Waals surface area contributed by atoms with E-state index in [1.54, 1.807) is 11.3 Å². The van der Waals surface area contributed by atoms with Crippen LogP contribution in [0.4, 0.5) is 5.69 Å². The van der Waals surface area contributed by atoms with E-state index in [0.29, 0.717) is 19.8 Å². The van der Waals surface area contributed by atoms with E-state index in [9.17, 15) is 4.79 Å². The minimum atomic E-state index is -0.000918. The Balaban J connectivity index is 1.46.